The highest BCUT2D eigenvalue weighted by Crippen LogP contribution is 2.28. The summed E-state index contributed by atoms with van der Waals surface area (Å²) in [5.41, 5.74) is 6.50. The summed E-state index contributed by atoms with van der Waals surface area (Å²) in [6, 6.07) is 18.6. The standard InChI is InChI=1S/C25H24BrN3O4/c1-16-6-4-5-7-19(16)15-33-22-11-8-18(13-23(22)32-3)14-27-29-25(31)24(30)28-21-10-9-20(26)12-17(21)2/h4-14H,15H2,1-3H3,(H,28,30)(H,29,31)/b27-14+. The Morgan fingerprint density at radius 2 is 1.76 bits per heavy atom. The molecule has 0 unspecified atom stereocenters. The lowest BCUT2D eigenvalue weighted by Gasteiger charge is -2.12. The predicted molar refractivity (Wildman–Crippen MR) is 132 cm³/mol. The summed E-state index contributed by atoms with van der Waals surface area (Å²) < 4.78 is 12.2. The lowest BCUT2D eigenvalue weighted by Crippen LogP contribution is -2.32. The van der Waals surface area contributed by atoms with Gasteiger partial charge in [-0.2, -0.15) is 5.10 Å². The van der Waals surface area contributed by atoms with Gasteiger partial charge < -0.3 is 14.8 Å². The molecule has 0 radical (unpaired) electrons. The van der Waals surface area contributed by atoms with E-state index in [1.807, 2.05) is 44.2 Å². The number of anilines is 1. The normalized spacial score (nSPS) is 10.7. The molecule has 3 aromatic rings. The van der Waals surface area contributed by atoms with Crippen molar-refractivity contribution in [2.75, 3.05) is 12.4 Å². The van der Waals surface area contributed by atoms with Crippen LogP contribution < -0.4 is 20.2 Å². The summed E-state index contributed by atoms with van der Waals surface area (Å²) in [6.45, 7) is 4.28. The second kappa shape index (κ2) is 11.3. The van der Waals surface area contributed by atoms with Crippen molar-refractivity contribution in [1.82, 2.24) is 5.43 Å². The number of carbonyl (C=O) groups excluding carboxylic acids is 2. The fourth-order valence-electron chi connectivity index (χ4n) is 2.97. The van der Waals surface area contributed by atoms with Gasteiger partial charge in [-0.25, -0.2) is 5.43 Å². The summed E-state index contributed by atoms with van der Waals surface area (Å²) in [5.74, 6) is -0.567. The predicted octanol–water partition coefficient (Wildman–Crippen LogP) is 4.74. The monoisotopic (exact) mass is 509 g/mol. The molecule has 0 spiro atoms. The highest BCUT2D eigenvalue weighted by molar-refractivity contribution is 9.10. The Hall–Kier alpha value is -3.65. The minimum Gasteiger partial charge on any atom is -0.493 e. The van der Waals surface area contributed by atoms with E-state index in [1.54, 1.807) is 37.4 Å². The van der Waals surface area contributed by atoms with E-state index in [-0.39, 0.29) is 0 Å². The van der Waals surface area contributed by atoms with E-state index in [0.29, 0.717) is 29.4 Å². The molecule has 0 saturated carbocycles. The molecule has 3 aromatic carbocycles. The van der Waals surface area contributed by atoms with Crippen LogP contribution in [0.2, 0.25) is 0 Å². The summed E-state index contributed by atoms with van der Waals surface area (Å²) >= 11 is 3.36. The number of methoxy groups -OCH3 is 1. The van der Waals surface area contributed by atoms with Gasteiger partial charge in [-0.05, 0) is 72.5 Å². The SMILES string of the molecule is COc1cc(/C=N/NC(=O)C(=O)Nc2ccc(Br)cc2C)ccc1OCc1ccccc1C. The zero-order chi connectivity index (χ0) is 23.8. The first kappa shape index (κ1) is 24.0. The number of benzene rings is 3. The van der Waals surface area contributed by atoms with E-state index < -0.39 is 11.8 Å². The van der Waals surface area contributed by atoms with Gasteiger partial charge in [0.2, 0.25) is 0 Å². The first-order chi connectivity index (χ1) is 15.9. The van der Waals surface area contributed by atoms with Crippen molar-refractivity contribution in [3.8, 4) is 11.5 Å². The minimum atomic E-state index is -0.876. The first-order valence-corrected chi connectivity index (χ1v) is 10.9. The van der Waals surface area contributed by atoms with Crippen LogP contribution in [0, 0.1) is 13.8 Å². The molecule has 0 fully saturated rings. The number of hydrogen-bond donors (Lipinski definition) is 2. The van der Waals surface area contributed by atoms with Crippen LogP contribution >= 0.6 is 15.9 Å². The Morgan fingerprint density at radius 3 is 2.48 bits per heavy atom. The van der Waals surface area contributed by atoms with Gasteiger partial charge in [0.15, 0.2) is 11.5 Å². The first-order valence-electron chi connectivity index (χ1n) is 10.1. The number of hydrogen-bond acceptors (Lipinski definition) is 5. The van der Waals surface area contributed by atoms with E-state index in [9.17, 15) is 9.59 Å². The van der Waals surface area contributed by atoms with Crippen LogP contribution in [0.4, 0.5) is 5.69 Å². The molecule has 8 heteroatoms. The highest BCUT2D eigenvalue weighted by atomic mass is 79.9. The van der Waals surface area contributed by atoms with E-state index in [4.69, 9.17) is 9.47 Å². The van der Waals surface area contributed by atoms with Crippen LogP contribution in [0.3, 0.4) is 0 Å². The third-order valence-electron chi connectivity index (χ3n) is 4.85. The van der Waals surface area contributed by atoms with Crippen molar-refractivity contribution in [2.45, 2.75) is 20.5 Å². The molecule has 7 nitrogen and oxygen atoms in total. The van der Waals surface area contributed by atoms with Crippen molar-refractivity contribution in [3.63, 3.8) is 0 Å². The Bertz CT molecular complexity index is 1190. The molecule has 0 aliphatic carbocycles. The third-order valence-corrected chi connectivity index (χ3v) is 5.35. The quantitative estimate of drug-likeness (QED) is 0.273. The summed E-state index contributed by atoms with van der Waals surface area (Å²) in [5, 5.41) is 6.42. The van der Waals surface area contributed by atoms with Crippen LogP contribution in [0.5, 0.6) is 11.5 Å². The van der Waals surface area contributed by atoms with E-state index >= 15 is 0 Å². The number of amides is 2. The van der Waals surface area contributed by atoms with Crippen molar-refractivity contribution in [3.05, 3.63) is 87.4 Å². The molecule has 2 N–H and O–H groups in total. The Morgan fingerprint density at radius 1 is 0.970 bits per heavy atom. The fourth-order valence-corrected chi connectivity index (χ4v) is 3.45. The van der Waals surface area contributed by atoms with Crippen LogP contribution in [-0.2, 0) is 16.2 Å². The van der Waals surface area contributed by atoms with Gasteiger partial charge in [0.25, 0.3) is 0 Å². The molecular formula is C25H24BrN3O4. The van der Waals surface area contributed by atoms with Crippen molar-refractivity contribution < 1.29 is 19.1 Å². The number of aryl methyl sites for hydroxylation is 2. The van der Waals surface area contributed by atoms with E-state index in [1.165, 1.54) is 6.21 Å². The van der Waals surface area contributed by atoms with Gasteiger partial charge >= 0.3 is 11.8 Å². The van der Waals surface area contributed by atoms with Crippen molar-refractivity contribution in [1.29, 1.82) is 0 Å². The average Bonchev–Trinajstić information content (AvgIpc) is 2.80. The van der Waals surface area contributed by atoms with Crippen LogP contribution in [0.15, 0.2) is 70.2 Å². The number of hydrazone groups is 1. The lowest BCUT2D eigenvalue weighted by atomic mass is 10.1. The Balaban J connectivity index is 1.58. The number of nitrogens with one attached hydrogen (secondary N) is 2. The molecule has 3 rings (SSSR count). The van der Waals surface area contributed by atoms with Gasteiger partial charge in [0.1, 0.15) is 6.61 Å². The Kier molecular flexibility index (Phi) is 8.21. The topological polar surface area (TPSA) is 89.0 Å². The number of carbonyl (C=O) groups is 2. The minimum absolute atomic E-state index is 0.416. The lowest BCUT2D eigenvalue weighted by molar-refractivity contribution is -0.136. The molecule has 0 aliphatic rings. The van der Waals surface area contributed by atoms with Crippen molar-refractivity contribution in [2.24, 2.45) is 5.10 Å². The van der Waals surface area contributed by atoms with Crippen LogP contribution in [0.25, 0.3) is 0 Å². The summed E-state index contributed by atoms with van der Waals surface area (Å²) in [6.07, 6.45) is 1.42. The summed E-state index contributed by atoms with van der Waals surface area (Å²) in [7, 11) is 1.55. The van der Waals surface area contributed by atoms with Gasteiger partial charge in [-0.15, -0.1) is 0 Å². The molecule has 0 bridgehead atoms. The number of halogens is 1. The maximum atomic E-state index is 12.1. The largest absolute Gasteiger partial charge is 0.493 e. The third kappa shape index (κ3) is 6.66. The zero-order valence-corrected chi connectivity index (χ0v) is 20.1. The van der Waals surface area contributed by atoms with Gasteiger partial charge in [-0.1, -0.05) is 40.2 Å². The van der Waals surface area contributed by atoms with Crippen LogP contribution in [-0.4, -0.2) is 25.1 Å². The number of ether oxygens (including phenoxy) is 2. The molecule has 0 atom stereocenters. The van der Waals surface area contributed by atoms with Gasteiger partial charge in [0, 0.05) is 10.2 Å². The molecule has 0 aliphatic heterocycles. The zero-order valence-electron chi connectivity index (χ0n) is 18.5. The fraction of sp³-hybridized carbons (Fsp3) is 0.160. The smallest absolute Gasteiger partial charge is 0.329 e. The molecule has 2 amide bonds. The molecule has 0 aromatic heterocycles. The number of nitrogens with zero attached hydrogens (tertiary/aromatic N) is 1. The number of rotatable bonds is 7. The Labute approximate surface area is 200 Å². The van der Waals surface area contributed by atoms with E-state index in [0.717, 1.165) is 21.2 Å². The van der Waals surface area contributed by atoms with Crippen molar-refractivity contribution >= 4 is 39.6 Å². The molecule has 0 saturated heterocycles. The molecular weight excluding hydrogens is 486 g/mol. The maximum Gasteiger partial charge on any atom is 0.329 e. The average molecular weight is 510 g/mol. The van der Waals surface area contributed by atoms with E-state index in [2.05, 4.69) is 31.8 Å². The van der Waals surface area contributed by atoms with Gasteiger partial charge in [0.05, 0.1) is 13.3 Å². The van der Waals surface area contributed by atoms with Crippen LogP contribution in [0.1, 0.15) is 22.3 Å². The molecule has 33 heavy (non-hydrogen) atoms. The second-order valence-electron chi connectivity index (χ2n) is 7.24. The highest BCUT2D eigenvalue weighted by Gasteiger charge is 2.14. The molecule has 170 valence electrons. The second-order valence-corrected chi connectivity index (χ2v) is 8.15. The molecule has 0 heterocycles. The summed E-state index contributed by atoms with van der Waals surface area (Å²) in [4.78, 5) is 24.2. The van der Waals surface area contributed by atoms with Gasteiger partial charge in [-0.3, -0.25) is 9.59 Å². The maximum absolute atomic E-state index is 12.1.